The van der Waals surface area contributed by atoms with E-state index in [0.29, 0.717) is 0 Å². The molecule has 0 saturated heterocycles. The molecule has 0 aliphatic carbocycles. The van der Waals surface area contributed by atoms with Gasteiger partial charge in [0.05, 0.1) is 0 Å². The van der Waals surface area contributed by atoms with E-state index in [1.54, 1.807) is 6.07 Å². The van der Waals surface area contributed by atoms with Crippen LogP contribution in [0.25, 0.3) is 0 Å². The zero-order valence-electron chi connectivity index (χ0n) is 12.1. The second kappa shape index (κ2) is 4.80. The molecule has 0 saturated carbocycles. The summed E-state index contributed by atoms with van der Waals surface area (Å²) in [6, 6.07) is 4.34. The Kier molecular flexibility index (Phi) is 4.04. The van der Waals surface area contributed by atoms with Crippen molar-refractivity contribution in [1.29, 1.82) is 0 Å². The minimum absolute atomic E-state index is 0.0830. The Bertz CT molecular complexity index is 566. The zero-order chi connectivity index (χ0) is 15.1. The normalized spacial score (nSPS) is 13.6. The number of hydrogen-bond donors (Lipinski definition) is 2. The van der Waals surface area contributed by atoms with Crippen LogP contribution in [0.5, 0.6) is 5.75 Å². The molecule has 0 bridgehead atoms. The van der Waals surface area contributed by atoms with E-state index in [9.17, 15) is 13.5 Å². The maximum absolute atomic E-state index is 11.2. The molecule has 0 fully saturated rings. The van der Waals surface area contributed by atoms with Crippen molar-refractivity contribution in [2.45, 2.75) is 51.3 Å². The molecule has 0 aromatic heterocycles. The van der Waals surface area contributed by atoms with E-state index in [4.69, 9.17) is 4.55 Å². The molecule has 0 spiro atoms. The van der Waals surface area contributed by atoms with Crippen molar-refractivity contribution in [3.63, 3.8) is 0 Å². The first-order valence-corrected chi connectivity index (χ1v) is 7.58. The number of rotatable bonds is 3. The summed E-state index contributed by atoms with van der Waals surface area (Å²) in [6.45, 7) is 10.4. The summed E-state index contributed by atoms with van der Waals surface area (Å²) < 4.78 is 31.5. The monoisotopic (exact) mass is 286 g/mol. The minimum atomic E-state index is -4.41. The van der Waals surface area contributed by atoms with Crippen molar-refractivity contribution in [1.82, 2.24) is 0 Å². The van der Waals surface area contributed by atoms with Crippen LogP contribution in [0.15, 0.2) is 23.1 Å². The van der Waals surface area contributed by atoms with Gasteiger partial charge in [-0.3, -0.25) is 4.55 Å². The molecule has 0 unspecified atom stereocenters. The van der Waals surface area contributed by atoms with Gasteiger partial charge in [-0.25, -0.2) is 0 Å². The van der Waals surface area contributed by atoms with Gasteiger partial charge in [0.2, 0.25) is 0 Å². The molecular formula is C14H22O4S. The maximum Gasteiger partial charge on any atom is 0.298 e. The lowest BCUT2D eigenvalue weighted by Gasteiger charge is -2.33. The Balaban J connectivity index is 3.30. The molecule has 1 rings (SSSR count). The van der Waals surface area contributed by atoms with E-state index in [0.717, 1.165) is 12.0 Å². The summed E-state index contributed by atoms with van der Waals surface area (Å²) in [5.74, 6) is -0.433. The molecule has 0 atom stereocenters. The van der Waals surface area contributed by atoms with Gasteiger partial charge in [0.25, 0.3) is 10.1 Å². The quantitative estimate of drug-likeness (QED) is 0.836. The molecule has 0 heterocycles. The van der Waals surface area contributed by atoms with Crippen LogP contribution in [-0.2, 0) is 15.5 Å². The molecular weight excluding hydrogens is 264 g/mol. The highest BCUT2D eigenvalue weighted by atomic mass is 32.2. The lowest BCUT2D eigenvalue weighted by Crippen LogP contribution is -2.25. The molecule has 2 N–H and O–H groups in total. The van der Waals surface area contributed by atoms with Crippen LogP contribution >= 0.6 is 0 Å². The molecule has 1 aromatic carbocycles. The summed E-state index contributed by atoms with van der Waals surface area (Å²) >= 11 is 0. The van der Waals surface area contributed by atoms with E-state index >= 15 is 0 Å². The van der Waals surface area contributed by atoms with Crippen LogP contribution in [0.1, 0.15) is 46.6 Å². The predicted molar refractivity (Wildman–Crippen MR) is 75.0 cm³/mol. The molecule has 0 aliphatic rings. The second-order valence-electron chi connectivity index (χ2n) is 6.78. The average Bonchev–Trinajstić information content (AvgIpc) is 2.11. The first-order valence-electron chi connectivity index (χ1n) is 6.14. The van der Waals surface area contributed by atoms with Gasteiger partial charge in [-0.15, -0.1) is 0 Å². The number of phenols is 1. The fraction of sp³-hybridized carbons (Fsp3) is 0.571. The molecule has 0 amide bonds. The van der Waals surface area contributed by atoms with Gasteiger partial charge in [-0.05, 0) is 34.9 Å². The molecule has 0 radical (unpaired) electrons. The highest BCUT2D eigenvalue weighted by Gasteiger charge is 2.29. The van der Waals surface area contributed by atoms with Crippen LogP contribution in [0.4, 0.5) is 0 Å². The van der Waals surface area contributed by atoms with Crippen molar-refractivity contribution in [3.8, 4) is 5.75 Å². The summed E-state index contributed by atoms with van der Waals surface area (Å²) in [7, 11) is -4.41. The largest absolute Gasteiger partial charge is 0.506 e. The molecule has 108 valence electrons. The third-order valence-electron chi connectivity index (χ3n) is 2.99. The summed E-state index contributed by atoms with van der Waals surface area (Å²) in [6.07, 6.45) is 0.843. The standard InChI is InChI=1S/C14H22O4S/c1-13(2,3)9-14(4,5)10-6-7-11(15)12(8-10)19(16,17)18/h6-8,15H,9H2,1-5H3,(H,16,17,18). The third-order valence-corrected chi connectivity index (χ3v) is 3.87. The van der Waals surface area contributed by atoms with E-state index in [2.05, 4.69) is 20.8 Å². The zero-order valence-corrected chi connectivity index (χ0v) is 12.9. The predicted octanol–water partition coefficient (Wildman–Crippen LogP) is 3.35. The van der Waals surface area contributed by atoms with Crippen LogP contribution in [0.2, 0.25) is 0 Å². The van der Waals surface area contributed by atoms with E-state index in [1.165, 1.54) is 12.1 Å². The fourth-order valence-electron chi connectivity index (χ4n) is 2.57. The van der Waals surface area contributed by atoms with Gasteiger partial charge in [-0.2, -0.15) is 8.42 Å². The topological polar surface area (TPSA) is 74.6 Å². The van der Waals surface area contributed by atoms with Crippen molar-refractivity contribution in [2.75, 3.05) is 0 Å². The van der Waals surface area contributed by atoms with Gasteiger partial charge >= 0.3 is 0 Å². The number of phenolic OH excluding ortho intramolecular Hbond substituents is 1. The number of benzene rings is 1. The van der Waals surface area contributed by atoms with Gasteiger partial charge < -0.3 is 5.11 Å². The van der Waals surface area contributed by atoms with Crippen molar-refractivity contribution in [2.24, 2.45) is 5.41 Å². The Morgan fingerprint density at radius 2 is 1.63 bits per heavy atom. The number of aromatic hydroxyl groups is 1. The lowest BCUT2D eigenvalue weighted by molar-refractivity contribution is 0.283. The second-order valence-corrected chi connectivity index (χ2v) is 8.17. The molecule has 0 aliphatic heterocycles. The van der Waals surface area contributed by atoms with Crippen LogP contribution in [-0.4, -0.2) is 18.1 Å². The highest BCUT2D eigenvalue weighted by molar-refractivity contribution is 7.86. The Morgan fingerprint density at radius 3 is 2.05 bits per heavy atom. The average molecular weight is 286 g/mol. The lowest BCUT2D eigenvalue weighted by atomic mass is 9.72. The third kappa shape index (κ3) is 4.21. The first-order chi connectivity index (χ1) is 8.33. The summed E-state index contributed by atoms with van der Waals surface area (Å²) in [5, 5.41) is 9.53. The molecule has 19 heavy (non-hydrogen) atoms. The SMILES string of the molecule is CC(C)(C)CC(C)(C)c1ccc(O)c(S(=O)(=O)O)c1. The molecule has 4 nitrogen and oxygen atoms in total. The van der Waals surface area contributed by atoms with Crippen molar-refractivity contribution >= 4 is 10.1 Å². The van der Waals surface area contributed by atoms with E-state index < -0.39 is 20.8 Å². The van der Waals surface area contributed by atoms with Gasteiger partial charge in [0, 0.05) is 0 Å². The highest BCUT2D eigenvalue weighted by Crippen LogP contribution is 2.38. The smallest absolute Gasteiger partial charge is 0.298 e. The number of hydrogen-bond acceptors (Lipinski definition) is 3. The van der Waals surface area contributed by atoms with Crippen LogP contribution in [0, 0.1) is 5.41 Å². The Hall–Kier alpha value is -1.07. The molecule has 1 aromatic rings. The Morgan fingerprint density at radius 1 is 1.11 bits per heavy atom. The first kappa shape index (κ1) is 16.0. The summed E-state index contributed by atoms with van der Waals surface area (Å²) in [4.78, 5) is -0.438. The van der Waals surface area contributed by atoms with Gasteiger partial charge in [-0.1, -0.05) is 40.7 Å². The van der Waals surface area contributed by atoms with E-state index in [-0.39, 0.29) is 10.8 Å². The van der Waals surface area contributed by atoms with E-state index in [1.807, 2.05) is 13.8 Å². The summed E-state index contributed by atoms with van der Waals surface area (Å²) in [5.41, 5.74) is 0.596. The Labute approximate surface area is 115 Å². The maximum atomic E-state index is 11.2. The van der Waals surface area contributed by atoms with Gasteiger partial charge in [0.1, 0.15) is 10.6 Å². The van der Waals surface area contributed by atoms with Crippen LogP contribution < -0.4 is 0 Å². The van der Waals surface area contributed by atoms with Crippen molar-refractivity contribution in [3.05, 3.63) is 23.8 Å². The molecule has 5 heteroatoms. The van der Waals surface area contributed by atoms with Crippen molar-refractivity contribution < 1.29 is 18.1 Å². The fourth-order valence-corrected chi connectivity index (χ4v) is 3.18. The minimum Gasteiger partial charge on any atom is -0.506 e. The van der Waals surface area contributed by atoms with Crippen LogP contribution in [0.3, 0.4) is 0 Å². The van der Waals surface area contributed by atoms with Gasteiger partial charge in [0.15, 0.2) is 0 Å².